The van der Waals surface area contributed by atoms with E-state index in [1.807, 2.05) is 13.0 Å². The molecule has 0 unspecified atom stereocenters. The van der Waals surface area contributed by atoms with Crippen LogP contribution in [0.2, 0.25) is 0 Å². The minimum atomic E-state index is -4.77. The Kier molecular flexibility index (Phi) is 8.03. The van der Waals surface area contributed by atoms with Gasteiger partial charge in [-0.1, -0.05) is 37.3 Å². The van der Waals surface area contributed by atoms with Gasteiger partial charge in [0.1, 0.15) is 5.75 Å². The number of rotatable bonds is 9. The van der Waals surface area contributed by atoms with E-state index in [1.54, 1.807) is 29.2 Å². The van der Waals surface area contributed by atoms with Gasteiger partial charge < -0.3 is 25.4 Å². The van der Waals surface area contributed by atoms with Crippen LogP contribution in [0.25, 0.3) is 0 Å². The SMILES string of the molecule is C[C@H](CNc1ccc(OC(F)(F)F)cc1)[C@](CC(=O)N1CCOCC1)(C(N)=O)c1ccccc1. The number of ether oxygens (including phenoxy) is 2. The van der Waals surface area contributed by atoms with Crippen molar-refractivity contribution in [2.75, 3.05) is 38.2 Å². The summed E-state index contributed by atoms with van der Waals surface area (Å²) in [6, 6.07) is 14.2. The van der Waals surface area contributed by atoms with E-state index in [0.717, 1.165) is 0 Å². The number of hydrogen-bond donors (Lipinski definition) is 2. The Balaban J connectivity index is 1.81. The first kappa shape index (κ1) is 25.4. The van der Waals surface area contributed by atoms with Gasteiger partial charge in [-0.25, -0.2) is 0 Å². The van der Waals surface area contributed by atoms with Gasteiger partial charge in [0.25, 0.3) is 0 Å². The molecule has 0 radical (unpaired) electrons. The van der Waals surface area contributed by atoms with Crippen LogP contribution in [-0.2, 0) is 19.7 Å². The topological polar surface area (TPSA) is 93.9 Å². The van der Waals surface area contributed by atoms with Gasteiger partial charge in [-0.15, -0.1) is 13.2 Å². The van der Waals surface area contributed by atoms with Gasteiger partial charge >= 0.3 is 6.36 Å². The first-order valence-corrected chi connectivity index (χ1v) is 10.9. The molecule has 0 saturated carbocycles. The lowest BCUT2D eigenvalue weighted by atomic mass is 9.67. The van der Waals surface area contributed by atoms with E-state index in [4.69, 9.17) is 10.5 Å². The number of benzene rings is 2. The molecule has 7 nitrogen and oxygen atoms in total. The smallest absolute Gasteiger partial charge is 0.406 e. The standard InChI is InChI=1S/C24H28F3N3O4/c1-17(16-29-19-7-9-20(10-8-19)34-24(25,26)27)23(22(28)32,18-5-3-2-4-6-18)15-21(31)30-11-13-33-14-12-30/h2-10,17,29H,11-16H2,1H3,(H2,28,32)/t17-,23+/m1/s1. The molecule has 1 aliphatic heterocycles. The van der Waals surface area contributed by atoms with Crippen molar-refractivity contribution < 1.29 is 32.2 Å². The molecule has 3 rings (SSSR count). The highest BCUT2D eigenvalue weighted by atomic mass is 19.4. The van der Waals surface area contributed by atoms with E-state index < -0.39 is 23.6 Å². The second-order valence-electron chi connectivity index (χ2n) is 8.23. The van der Waals surface area contributed by atoms with E-state index in [2.05, 4.69) is 10.1 Å². The summed E-state index contributed by atoms with van der Waals surface area (Å²) in [5.41, 5.74) is 5.82. The second kappa shape index (κ2) is 10.8. The van der Waals surface area contributed by atoms with Crippen molar-refractivity contribution in [2.24, 2.45) is 11.7 Å². The van der Waals surface area contributed by atoms with E-state index in [0.29, 0.717) is 37.6 Å². The molecule has 0 aliphatic carbocycles. The number of carbonyl (C=O) groups excluding carboxylic acids is 2. The number of alkyl halides is 3. The average Bonchev–Trinajstić information content (AvgIpc) is 2.81. The highest BCUT2D eigenvalue weighted by molar-refractivity contribution is 5.93. The number of carbonyl (C=O) groups is 2. The summed E-state index contributed by atoms with van der Waals surface area (Å²) in [5, 5.41) is 3.13. The maximum atomic E-state index is 13.2. The molecule has 0 bridgehead atoms. The first-order chi connectivity index (χ1) is 16.1. The molecule has 1 saturated heterocycles. The molecule has 1 aliphatic rings. The summed E-state index contributed by atoms with van der Waals surface area (Å²) in [5.74, 6) is -1.57. The molecule has 0 aromatic heterocycles. The number of anilines is 1. The van der Waals surface area contributed by atoms with Crippen molar-refractivity contribution in [1.29, 1.82) is 0 Å². The average molecular weight is 479 g/mol. The van der Waals surface area contributed by atoms with Crippen LogP contribution in [0.3, 0.4) is 0 Å². The molecular formula is C24H28F3N3O4. The van der Waals surface area contributed by atoms with Crippen LogP contribution in [-0.4, -0.2) is 55.9 Å². The van der Waals surface area contributed by atoms with Gasteiger partial charge in [-0.3, -0.25) is 9.59 Å². The third-order valence-corrected chi connectivity index (χ3v) is 6.06. The number of nitrogens with zero attached hydrogens (tertiary/aromatic N) is 1. The fraction of sp³-hybridized carbons (Fsp3) is 0.417. The van der Waals surface area contributed by atoms with Crippen molar-refractivity contribution in [1.82, 2.24) is 4.90 Å². The maximum absolute atomic E-state index is 13.2. The molecule has 184 valence electrons. The van der Waals surface area contributed by atoms with Crippen LogP contribution in [0.1, 0.15) is 18.9 Å². The van der Waals surface area contributed by atoms with Crippen molar-refractivity contribution in [3.8, 4) is 5.75 Å². The zero-order valence-electron chi connectivity index (χ0n) is 18.8. The van der Waals surface area contributed by atoms with Crippen LogP contribution < -0.4 is 15.8 Å². The molecule has 0 spiro atoms. The number of amides is 2. The summed E-state index contributed by atoms with van der Waals surface area (Å²) < 4.78 is 46.4. The van der Waals surface area contributed by atoms with Gasteiger partial charge in [-0.05, 0) is 35.7 Å². The lowest BCUT2D eigenvalue weighted by molar-refractivity contribution is -0.274. The second-order valence-corrected chi connectivity index (χ2v) is 8.23. The van der Waals surface area contributed by atoms with Gasteiger partial charge in [0.2, 0.25) is 11.8 Å². The molecule has 2 aromatic rings. The molecule has 3 N–H and O–H groups in total. The normalized spacial score (nSPS) is 16.9. The zero-order chi connectivity index (χ0) is 24.8. The third kappa shape index (κ3) is 6.19. The third-order valence-electron chi connectivity index (χ3n) is 6.06. The molecular weight excluding hydrogens is 451 g/mol. The predicted molar refractivity (Wildman–Crippen MR) is 120 cm³/mol. The number of hydrogen-bond acceptors (Lipinski definition) is 5. The zero-order valence-corrected chi connectivity index (χ0v) is 18.8. The summed E-state index contributed by atoms with van der Waals surface area (Å²) in [6.07, 6.45) is -4.87. The largest absolute Gasteiger partial charge is 0.573 e. The maximum Gasteiger partial charge on any atom is 0.573 e. The van der Waals surface area contributed by atoms with Gasteiger partial charge in [0, 0.05) is 31.7 Å². The summed E-state index contributed by atoms with van der Waals surface area (Å²) in [7, 11) is 0. The molecule has 1 heterocycles. The number of nitrogens with one attached hydrogen (secondary N) is 1. The Morgan fingerprint density at radius 2 is 1.71 bits per heavy atom. The Bertz CT molecular complexity index is 964. The lowest BCUT2D eigenvalue weighted by Crippen LogP contribution is -2.52. The van der Waals surface area contributed by atoms with Crippen molar-refractivity contribution in [3.05, 3.63) is 60.2 Å². The van der Waals surface area contributed by atoms with E-state index in [1.165, 1.54) is 24.3 Å². The van der Waals surface area contributed by atoms with Crippen LogP contribution in [0.4, 0.5) is 18.9 Å². The summed E-state index contributed by atoms with van der Waals surface area (Å²) >= 11 is 0. The van der Waals surface area contributed by atoms with Crippen molar-refractivity contribution >= 4 is 17.5 Å². The predicted octanol–water partition coefficient (Wildman–Crippen LogP) is 3.31. The number of nitrogens with two attached hydrogens (primary N) is 1. The van der Waals surface area contributed by atoms with E-state index in [-0.39, 0.29) is 24.6 Å². The lowest BCUT2D eigenvalue weighted by Gasteiger charge is -2.39. The highest BCUT2D eigenvalue weighted by Gasteiger charge is 2.46. The quantitative estimate of drug-likeness (QED) is 0.576. The van der Waals surface area contributed by atoms with Crippen molar-refractivity contribution in [3.63, 3.8) is 0 Å². The summed E-state index contributed by atoms with van der Waals surface area (Å²) in [6.45, 7) is 3.83. The minimum absolute atomic E-state index is 0.104. The number of morpholine rings is 1. The van der Waals surface area contributed by atoms with Gasteiger partial charge in [0.05, 0.1) is 18.6 Å². The van der Waals surface area contributed by atoms with Crippen LogP contribution >= 0.6 is 0 Å². The van der Waals surface area contributed by atoms with E-state index in [9.17, 15) is 22.8 Å². The number of halogens is 3. The molecule has 2 atom stereocenters. The molecule has 2 amide bonds. The van der Waals surface area contributed by atoms with Crippen LogP contribution in [0.5, 0.6) is 5.75 Å². The van der Waals surface area contributed by atoms with Crippen LogP contribution in [0.15, 0.2) is 54.6 Å². The van der Waals surface area contributed by atoms with Crippen molar-refractivity contribution in [2.45, 2.75) is 25.1 Å². The number of primary amides is 1. The van der Waals surface area contributed by atoms with Gasteiger partial charge in [0.15, 0.2) is 0 Å². The highest BCUT2D eigenvalue weighted by Crippen LogP contribution is 2.37. The molecule has 1 fully saturated rings. The minimum Gasteiger partial charge on any atom is -0.406 e. The van der Waals surface area contributed by atoms with Gasteiger partial charge in [-0.2, -0.15) is 0 Å². The Labute approximate surface area is 196 Å². The van der Waals surface area contributed by atoms with E-state index >= 15 is 0 Å². The monoisotopic (exact) mass is 479 g/mol. The summed E-state index contributed by atoms with van der Waals surface area (Å²) in [4.78, 5) is 27.8. The van der Waals surface area contributed by atoms with Crippen LogP contribution in [0, 0.1) is 5.92 Å². The Morgan fingerprint density at radius 3 is 2.26 bits per heavy atom. The molecule has 2 aromatic carbocycles. The fourth-order valence-corrected chi connectivity index (χ4v) is 4.15. The Morgan fingerprint density at radius 1 is 1.09 bits per heavy atom. The first-order valence-electron chi connectivity index (χ1n) is 10.9. The molecule has 34 heavy (non-hydrogen) atoms. The molecule has 10 heteroatoms. The fourth-order valence-electron chi connectivity index (χ4n) is 4.15. The Hall–Kier alpha value is -3.27.